The quantitative estimate of drug-likeness (QED) is 0.692. The van der Waals surface area contributed by atoms with E-state index in [1.807, 2.05) is 0 Å². The van der Waals surface area contributed by atoms with E-state index >= 15 is 0 Å². The molecule has 3 unspecified atom stereocenters. The molecule has 0 aromatic carbocycles. The Hall–Kier alpha value is -1.20. The molecule has 1 fully saturated rings. The molecule has 0 radical (unpaired) electrons. The standard InChI is InChI=1S/C9H13F2NO3/c1-5-2-6(3-9(5,10)11)7(8(14)15)12-4-13/h4-7H,2-3H2,1H3,(H,12,13)(H,14,15). The Labute approximate surface area is 85.7 Å². The van der Waals surface area contributed by atoms with Crippen LogP contribution >= 0.6 is 0 Å². The maximum absolute atomic E-state index is 13.1. The van der Waals surface area contributed by atoms with Crippen molar-refractivity contribution in [3.63, 3.8) is 0 Å². The summed E-state index contributed by atoms with van der Waals surface area (Å²) in [5.41, 5.74) is 0. The summed E-state index contributed by atoms with van der Waals surface area (Å²) in [6.07, 6.45) is -0.128. The molecule has 6 heteroatoms. The lowest BCUT2D eigenvalue weighted by atomic mass is 9.97. The fourth-order valence-corrected chi connectivity index (χ4v) is 2.00. The summed E-state index contributed by atoms with van der Waals surface area (Å²) in [6.45, 7) is 1.39. The van der Waals surface area contributed by atoms with Crippen molar-refractivity contribution in [1.82, 2.24) is 5.32 Å². The average molecular weight is 221 g/mol. The van der Waals surface area contributed by atoms with Crippen LogP contribution in [0.5, 0.6) is 0 Å². The van der Waals surface area contributed by atoms with Crippen molar-refractivity contribution in [2.45, 2.75) is 31.7 Å². The molecular weight excluding hydrogens is 208 g/mol. The Morgan fingerprint density at radius 1 is 1.67 bits per heavy atom. The van der Waals surface area contributed by atoms with Gasteiger partial charge in [-0.3, -0.25) is 4.79 Å². The molecule has 1 aliphatic carbocycles. The Morgan fingerprint density at radius 2 is 2.27 bits per heavy atom. The van der Waals surface area contributed by atoms with Crippen molar-refractivity contribution >= 4 is 12.4 Å². The Kier molecular flexibility index (Phi) is 3.26. The molecule has 0 aromatic heterocycles. The second kappa shape index (κ2) is 4.12. The van der Waals surface area contributed by atoms with Crippen LogP contribution in [0.15, 0.2) is 0 Å². The lowest BCUT2D eigenvalue weighted by molar-refractivity contribution is -0.142. The maximum Gasteiger partial charge on any atom is 0.326 e. The molecule has 1 aliphatic rings. The minimum absolute atomic E-state index is 0.116. The van der Waals surface area contributed by atoms with Crippen molar-refractivity contribution in [3.05, 3.63) is 0 Å². The number of hydrogen-bond acceptors (Lipinski definition) is 2. The van der Waals surface area contributed by atoms with Crippen LogP contribution in [0.1, 0.15) is 19.8 Å². The molecule has 15 heavy (non-hydrogen) atoms. The molecule has 0 bridgehead atoms. The number of nitrogens with one attached hydrogen (secondary N) is 1. The van der Waals surface area contributed by atoms with Crippen LogP contribution in [-0.4, -0.2) is 29.5 Å². The van der Waals surface area contributed by atoms with Gasteiger partial charge in [-0.25, -0.2) is 13.6 Å². The molecule has 0 saturated heterocycles. The second-order valence-electron chi connectivity index (χ2n) is 3.96. The molecule has 0 aromatic rings. The number of rotatable bonds is 4. The van der Waals surface area contributed by atoms with Crippen LogP contribution in [0.3, 0.4) is 0 Å². The van der Waals surface area contributed by atoms with Crippen molar-refractivity contribution in [2.24, 2.45) is 11.8 Å². The minimum atomic E-state index is -2.83. The van der Waals surface area contributed by atoms with Gasteiger partial charge in [0, 0.05) is 12.3 Å². The molecule has 0 aliphatic heterocycles. The summed E-state index contributed by atoms with van der Waals surface area (Å²) in [5, 5.41) is 10.8. The molecule has 4 nitrogen and oxygen atoms in total. The van der Waals surface area contributed by atoms with Gasteiger partial charge in [0.05, 0.1) is 0 Å². The van der Waals surface area contributed by atoms with Gasteiger partial charge >= 0.3 is 5.97 Å². The van der Waals surface area contributed by atoms with Crippen molar-refractivity contribution in [2.75, 3.05) is 0 Å². The highest BCUT2D eigenvalue weighted by atomic mass is 19.3. The van der Waals surface area contributed by atoms with E-state index in [4.69, 9.17) is 5.11 Å². The van der Waals surface area contributed by atoms with E-state index in [1.54, 1.807) is 0 Å². The van der Waals surface area contributed by atoms with Gasteiger partial charge in [-0.15, -0.1) is 0 Å². The highest BCUT2D eigenvalue weighted by molar-refractivity contribution is 5.76. The SMILES string of the molecule is CC1CC(C(NC=O)C(=O)O)CC1(F)F. The summed E-state index contributed by atoms with van der Waals surface area (Å²) < 4.78 is 26.3. The van der Waals surface area contributed by atoms with Gasteiger partial charge in [-0.05, 0) is 12.3 Å². The van der Waals surface area contributed by atoms with Crippen LogP contribution in [0.2, 0.25) is 0 Å². The fourth-order valence-electron chi connectivity index (χ4n) is 2.00. The minimum Gasteiger partial charge on any atom is -0.480 e. The Balaban J connectivity index is 2.72. The molecular formula is C9H13F2NO3. The fraction of sp³-hybridized carbons (Fsp3) is 0.778. The summed E-state index contributed by atoms with van der Waals surface area (Å²) >= 11 is 0. The van der Waals surface area contributed by atoms with Gasteiger partial charge in [-0.2, -0.15) is 0 Å². The first-order valence-corrected chi connectivity index (χ1v) is 4.69. The molecule has 1 amide bonds. The van der Waals surface area contributed by atoms with Crippen LogP contribution < -0.4 is 5.32 Å². The first kappa shape index (κ1) is 11.9. The molecule has 3 atom stereocenters. The van der Waals surface area contributed by atoms with E-state index in [-0.39, 0.29) is 12.8 Å². The molecule has 1 rings (SSSR count). The van der Waals surface area contributed by atoms with Gasteiger partial charge in [-0.1, -0.05) is 6.92 Å². The third kappa shape index (κ3) is 2.43. The van der Waals surface area contributed by atoms with E-state index in [0.29, 0.717) is 0 Å². The summed E-state index contributed by atoms with van der Waals surface area (Å²) in [5.74, 6) is -5.63. The number of carbonyl (C=O) groups is 2. The first-order chi connectivity index (χ1) is 6.88. The predicted molar refractivity (Wildman–Crippen MR) is 47.5 cm³/mol. The third-order valence-electron chi connectivity index (χ3n) is 2.90. The maximum atomic E-state index is 13.1. The smallest absolute Gasteiger partial charge is 0.326 e. The molecule has 86 valence electrons. The van der Waals surface area contributed by atoms with Gasteiger partial charge in [0.2, 0.25) is 6.41 Å². The molecule has 2 N–H and O–H groups in total. The summed E-state index contributed by atoms with van der Waals surface area (Å²) in [6, 6.07) is -1.21. The molecule has 0 spiro atoms. The number of carboxylic acid groups (broad SMARTS) is 1. The summed E-state index contributed by atoms with van der Waals surface area (Å²) in [4.78, 5) is 20.9. The van der Waals surface area contributed by atoms with Crippen molar-refractivity contribution in [1.29, 1.82) is 0 Å². The number of alkyl halides is 2. The average Bonchev–Trinajstić information content (AvgIpc) is 2.36. The Morgan fingerprint density at radius 3 is 2.60 bits per heavy atom. The Bertz CT molecular complexity index is 270. The van der Waals surface area contributed by atoms with Crippen LogP contribution in [0.4, 0.5) is 8.78 Å². The van der Waals surface area contributed by atoms with E-state index in [2.05, 4.69) is 5.32 Å². The molecule has 0 heterocycles. The number of amides is 1. The van der Waals surface area contributed by atoms with Crippen molar-refractivity contribution in [3.8, 4) is 0 Å². The number of halogens is 2. The van der Waals surface area contributed by atoms with Gasteiger partial charge < -0.3 is 10.4 Å². The lowest BCUT2D eigenvalue weighted by Gasteiger charge is -2.18. The van der Waals surface area contributed by atoms with Crippen molar-refractivity contribution < 1.29 is 23.5 Å². The van der Waals surface area contributed by atoms with Crippen LogP contribution in [-0.2, 0) is 9.59 Å². The highest BCUT2D eigenvalue weighted by Crippen LogP contribution is 2.44. The monoisotopic (exact) mass is 221 g/mol. The van der Waals surface area contributed by atoms with Gasteiger partial charge in [0.1, 0.15) is 6.04 Å². The normalized spacial score (nSPS) is 30.9. The van der Waals surface area contributed by atoms with Gasteiger partial charge in [0.25, 0.3) is 5.92 Å². The zero-order valence-electron chi connectivity index (χ0n) is 8.24. The number of aliphatic carboxylic acids is 1. The first-order valence-electron chi connectivity index (χ1n) is 4.69. The van der Waals surface area contributed by atoms with Crippen LogP contribution in [0, 0.1) is 11.8 Å². The van der Waals surface area contributed by atoms with E-state index < -0.39 is 36.2 Å². The third-order valence-corrected chi connectivity index (χ3v) is 2.90. The van der Waals surface area contributed by atoms with E-state index in [1.165, 1.54) is 6.92 Å². The predicted octanol–water partition coefficient (Wildman–Crippen LogP) is 0.867. The number of hydrogen-bond donors (Lipinski definition) is 2. The van der Waals surface area contributed by atoms with Crippen LogP contribution in [0.25, 0.3) is 0 Å². The second-order valence-corrected chi connectivity index (χ2v) is 3.96. The molecule has 1 saturated carbocycles. The zero-order chi connectivity index (χ0) is 11.6. The number of carbonyl (C=O) groups excluding carboxylic acids is 1. The summed E-state index contributed by atoms with van der Waals surface area (Å²) in [7, 11) is 0. The van der Waals surface area contributed by atoms with Gasteiger partial charge in [0.15, 0.2) is 0 Å². The highest BCUT2D eigenvalue weighted by Gasteiger charge is 2.49. The van der Waals surface area contributed by atoms with E-state index in [9.17, 15) is 18.4 Å². The largest absolute Gasteiger partial charge is 0.480 e. The van der Waals surface area contributed by atoms with E-state index in [0.717, 1.165) is 0 Å². The number of carboxylic acids is 1. The topological polar surface area (TPSA) is 66.4 Å². The zero-order valence-corrected chi connectivity index (χ0v) is 8.24. The lowest BCUT2D eigenvalue weighted by Crippen LogP contribution is -2.41.